The Morgan fingerprint density at radius 3 is 2.74 bits per heavy atom. The molecule has 1 saturated heterocycles. The Morgan fingerprint density at radius 1 is 1.47 bits per heavy atom. The van der Waals surface area contributed by atoms with E-state index in [4.69, 9.17) is 5.73 Å². The molecule has 1 aliphatic rings. The molecule has 0 spiro atoms. The van der Waals surface area contributed by atoms with Crippen molar-refractivity contribution in [3.05, 3.63) is 18.0 Å². The highest BCUT2D eigenvalue weighted by Crippen LogP contribution is 2.15. The van der Waals surface area contributed by atoms with Crippen LogP contribution in [0.1, 0.15) is 25.5 Å². The third kappa shape index (κ3) is 4.67. The first-order valence-corrected chi connectivity index (χ1v) is 6.68. The summed E-state index contributed by atoms with van der Waals surface area (Å²) in [4.78, 5) is 6.67. The quantitative estimate of drug-likeness (QED) is 0.495. The number of aromatic nitrogens is 2. The molecule has 1 fully saturated rings. The third-order valence-corrected chi connectivity index (χ3v) is 3.67. The minimum Gasteiger partial charge on any atom is -0.370 e. The van der Waals surface area contributed by atoms with E-state index in [1.165, 1.54) is 18.5 Å². The van der Waals surface area contributed by atoms with Crippen LogP contribution in [0.2, 0.25) is 0 Å². The number of piperidine rings is 1. The Labute approximate surface area is 132 Å². The van der Waals surface area contributed by atoms with E-state index in [0.29, 0.717) is 5.96 Å². The maximum Gasteiger partial charge on any atom is 0.191 e. The Balaban J connectivity index is 0.00000180. The third-order valence-electron chi connectivity index (χ3n) is 3.67. The van der Waals surface area contributed by atoms with Crippen LogP contribution in [-0.2, 0) is 13.5 Å². The van der Waals surface area contributed by atoms with Crippen LogP contribution in [0.3, 0.4) is 0 Å². The van der Waals surface area contributed by atoms with Gasteiger partial charge in [0, 0.05) is 45.0 Å². The minimum atomic E-state index is 0. The van der Waals surface area contributed by atoms with Crippen LogP contribution in [0.15, 0.2) is 17.3 Å². The normalized spacial score (nSPS) is 17.4. The van der Waals surface area contributed by atoms with Gasteiger partial charge < -0.3 is 10.6 Å². The van der Waals surface area contributed by atoms with Crippen molar-refractivity contribution < 1.29 is 0 Å². The van der Waals surface area contributed by atoms with Gasteiger partial charge in [0.05, 0.1) is 0 Å². The summed E-state index contributed by atoms with van der Waals surface area (Å²) in [6.45, 7) is 5.12. The second kappa shape index (κ2) is 7.72. The van der Waals surface area contributed by atoms with Crippen molar-refractivity contribution in [2.75, 3.05) is 19.6 Å². The van der Waals surface area contributed by atoms with Gasteiger partial charge in [0.2, 0.25) is 0 Å². The molecule has 2 N–H and O–H groups in total. The summed E-state index contributed by atoms with van der Waals surface area (Å²) >= 11 is 0. The number of halogens is 1. The van der Waals surface area contributed by atoms with Crippen molar-refractivity contribution >= 4 is 29.9 Å². The van der Waals surface area contributed by atoms with Gasteiger partial charge in [-0.25, -0.2) is 0 Å². The maximum absolute atomic E-state index is 6.02. The topological polar surface area (TPSA) is 59.4 Å². The summed E-state index contributed by atoms with van der Waals surface area (Å²) in [7, 11) is 1.95. The van der Waals surface area contributed by atoms with E-state index in [1.54, 1.807) is 0 Å². The minimum absolute atomic E-state index is 0. The number of hydrogen-bond acceptors (Lipinski definition) is 2. The van der Waals surface area contributed by atoms with Crippen LogP contribution in [0.5, 0.6) is 0 Å². The van der Waals surface area contributed by atoms with Gasteiger partial charge in [0.25, 0.3) is 0 Å². The van der Waals surface area contributed by atoms with E-state index in [2.05, 4.69) is 21.9 Å². The van der Waals surface area contributed by atoms with E-state index in [-0.39, 0.29) is 24.0 Å². The predicted octanol–water partition coefficient (Wildman–Crippen LogP) is 1.63. The van der Waals surface area contributed by atoms with Crippen LogP contribution in [0.25, 0.3) is 0 Å². The monoisotopic (exact) mass is 377 g/mol. The lowest BCUT2D eigenvalue weighted by molar-refractivity contribution is 0.277. The first kappa shape index (κ1) is 16.3. The number of guanidine groups is 1. The van der Waals surface area contributed by atoms with Crippen molar-refractivity contribution in [3.8, 4) is 0 Å². The number of likely N-dealkylation sites (tertiary alicyclic amines) is 1. The molecule has 108 valence electrons. The fraction of sp³-hybridized carbons (Fsp3) is 0.692. The number of rotatable bonds is 3. The molecule has 19 heavy (non-hydrogen) atoms. The van der Waals surface area contributed by atoms with E-state index >= 15 is 0 Å². The summed E-state index contributed by atoms with van der Waals surface area (Å²) in [6.07, 6.45) is 5.14. The molecule has 0 bridgehead atoms. The number of aliphatic imine (C=N–C) groups is 1. The summed E-state index contributed by atoms with van der Waals surface area (Å²) < 4.78 is 1.88. The Morgan fingerprint density at radius 2 is 2.16 bits per heavy atom. The van der Waals surface area contributed by atoms with E-state index in [9.17, 15) is 0 Å². The zero-order chi connectivity index (χ0) is 13.0. The summed E-state index contributed by atoms with van der Waals surface area (Å²) in [5.41, 5.74) is 7.22. The van der Waals surface area contributed by atoms with Crippen LogP contribution >= 0.6 is 24.0 Å². The molecule has 2 heterocycles. The largest absolute Gasteiger partial charge is 0.370 e. The van der Waals surface area contributed by atoms with Gasteiger partial charge in [-0.2, -0.15) is 5.10 Å². The van der Waals surface area contributed by atoms with Crippen LogP contribution in [-0.4, -0.2) is 40.3 Å². The first-order chi connectivity index (χ1) is 8.66. The average Bonchev–Trinajstić information content (AvgIpc) is 2.76. The van der Waals surface area contributed by atoms with E-state index in [0.717, 1.165) is 32.0 Å². The molecule has 0 atom stereocenters. The van der Waals surface area contributed by atoms with Crippen molar-refractivity contribution in [2.45, 2.75) is 26.2 Å². The lowest BCUT2D eigenvalue weighted by Gasteiger charge is -2.31. The fourth-order valence-electron chi connectivity index (χ4n) is 2.27. The highest BCUT2D eigenvalue weighted by atomic mass is 127. The predicted molar refractivity (Wildman–Crippen MR) is 88.8 cm³/mol. The van der Waals surface area contributed by atoms with Crippen LogP contribution in [0, 0.1) is 5.92 Å². The molecular weight excluding hydrogens is 353 g/mol. The second-order valence-corrected chi connectivity index (χ2v) is 5.11. The SMILES string of the molecule is CC1CCN(C(N)=NCCc2ccnn2C)CC1.I. The van der Waals surface area contributed by atoms with Crippen LogP contribution < -0.4 is 5.73 Å². The Kier molecular flexibility index (Phi) is 6.60. The van der Waals surface area contributed by atoms with Gasteiger partial charge >= 0.3 is 0 Å². The van der Waals surface area contributed by atoms with Crippen molar-refractivity contribution in [1.82, 2.24) is 14.7 Å². The van der Waals surface area contributed by atoms with Gasteiger partial charge in [0.15, 0.2) is 5.96 Å². The maximum atomic E-state index is 6.02. The van der Waals surface area contributed by atoms with E-state index in [1.807, 2.05) is 24.0 Å². The molecule has 0 aliphatic carbocycles. The van der Waals surface area contributed by atoms with Crippen molar-refractivity contribution in [1.29, 1.82) is 0 Å². The zero-order valence-corrected chi connectivity index (χ0v) is 14.1. The summed E-state index contributed by atoms with van der Waals surface area (Å²) in [6, 6.07) is 2.02. The Bertz CT molecular complexity index is 407. The molecule has 5 nitrogen and oxygen atoms in total. The molecule has 0 amide bonds. The number of hydrogen-bond donors (Lipinski definition) is 1. The van der Waals surface area contributed by atoms with Gasteiger partial charge in [-0.3, -0.25) is 9.67 Å². The second-order valence-electron chi connectivity index (χ2n) is 5.11. The molecule has 6 heteroatoms. The molecule has 1 aliphatic heterocycles. The molecule has 0 aromatic carbocycles. The average molecular weight is 377 g/mol. The molecule has 0 saturated carbocycles. The smallest absolute Gasteiger partial charge is 0.191 e. The van der Waals surface area contributed by atoms with Crippen LogP contribution in [0.4, 0.5) is 0 Å². The van der Waals surface area contributed by atoms with E-state index < -0.39 is 0 Å². The molecular formula is C13H24IN5. The number of nitrogens with two attached hydrogens (primary N) is 1. The van der Waals surface area contributed by atoms with Gasteiger partial charge in [-0.1, -0.05) is 6.92 Å². The summed E-state index contributed by atoms with van der Waals surface area (Å²) in [5, 5.41) is 4.14. The lowest BCUT2D eigenvalue weighted by atomic mass is 10.00. The van der Waals surface area contributed by atoms with Crippen molar-refractivity contribution in [2.24, 2.45) is 23.7 Å². The first-order valence-electron chi connectivity index (χ1n) is 6.68. The highest BCUT2D eigenvalue weighted by Gasteiger charge is 2.16. The highest BCUT2D eigenvalue weighted by molar-refractivity contribution is 14.0. The standard InChI is InChI=1S/C13H23N5.HI/c1-11-5-9-18(10-6-11)13(14)15-7-3-12-4-8-16-17(12)2;/h4,8,11H,3,5-7,9-10H2,1-2H3,(H2,14,15);1H. The Hall–Kier alpha value is -0.790. The van der Waals surface area contributed by atoms with Crippen molar-refractivity contribution in [3.63, 3.8) is 0 Å². The fourth-order valence-corrected chi connectivity index (χ4v) is 2.27. The molecule has 2 rings (SSSR count). The zero-order valence-electron chi connectivity index (χ0n) is 11.7. The van der Waals surface area contributed by atoms with Gasteiger partial charge in [0.1, 0.15) is 0 Å². The van der Waals surface area contributed by atoms with Gasteiger partial charge in [-0.15, -0.1) is 24.0 Å². The van der Waals surface area contributed by atoms with Gasteiger partial charge in [-0.05, 0) is 24.8 Å². The summed E-state index contributed by atoms with van der Waals surface area (Å²) in [5.74, 6) is 1.52. The number of aryl methyl sites for hydroxylation is 1. The number of nitrogens with zero attached hydrogens (tertiary/aromatic N) is 4. The molecule has 1 aromatic heterocycles. The molecule has 0 radical (unpaired) electrons. The molecule has 1 aromatic rings. The molecule has 0 unspecified atom stereocenters. The lowest BCUT2D eigenvalue weighted by Crippen LogP contribution is -2.42.